The molecule has 0 unspecified atom stereocenters. The summed E-state index contributed by atoms with van der Waals surface area (Å²) >= 11 is 0. The second-order valence-corrected chi connectivity index (χ2v) is 2.54. The lowest BCUT2D eigenvalue weighted by atomic mass is 10.4. The molecule has 0 radical (unpaired) electrons. The van der Waals surface area contributed by atoms with E-state index in [0.717, 1.165) is 17.9 Å². The molecule has 2 aromatic rings. The fourth-order valence-corrected chi connectivity index (χ4v) is 1.02. The Kier molecular flexibility index (Phi) is 1.82. The van der Waals surface area contributed by atoms with Gasteiger partial charge in [0.15, 0.2) is 0 Å². The molecule has 2 rings (SSSR count). The molecule has 0 atom stereocenters. The van der Waals surface area contributed by atoms with E-state index in [1.54, 1.807) is 6.20 Å². The highest BCUT2D eigenvalue weighted by Gasteiger charge is 1.93. The number of aromatic nitrogens is 3. The summed E-state index contributed by atoms with van der Waals surface area (Å²) in [6.45, 7) is 0.798. The van der Waals surface area contributed by atoms with Gasteiger partial charge in [0.25, 0.3) is 0 Å². The Morgan fingerprint density at radius 2 is 2.50 bits per heavy atom. The Hall–Kier alpha value is -1.71. The molecule has 0 aliphatic carbocycles. The first-order valence-electron chi connectivity index (χ1n) is 3.80. The van der Waals surface area contributed by atoms with E-state index in [1.165, 1.54) is 0 Å². The topological polar surface area (TPSA) is 56.5 Å². The first kappa shape index (κ1) is 6.97. The van der Waals surface area contributed by atoms with Gasteiger partial charge in [0.2, 0.25) is 0 Å². The van der Waals surface area contributed by atoms with E-state index < -0.39 is 0 Å². The highest BCUT2D eigenvalue weighted by Crippen LogP contribution is 2.03. The van der Waals surface area contributed by atoms with Crippen LogP contribution in [-0.2, 0) is 6.54 Å². The van der Waals surface area contributed by atoms with Crippen molar-refractivity contribution in [3.05, 3.63) is 36.4 Å². The van der Waals surface area contributed by atoms with Crippen molar-refractivity contribution in [2.45, 2.75) is 6.54 Å². The number of hydrogen-bond donors (Lipinski definition) is 3. The molecule has 0 aliphatic rings. The third kappa shape index (κ3) is 1.47. The van der Waals surface area contributed by atoms with E-state index in [4.69, 9.17) is 0 Å². The second-order valence-electron chi connectivity index (χ2n) is 2.54. The van der Waals surface area contributed by atoms with Crippen LogP contribution in [0.25, 0.3) is 0 Å². The standard InChI is InChI=1S/C8H10N4/c1-2-7(9-3-1)4-10-8-5-11-12-6-8/h1-3,5-6,9-10H,4H2,(H,11,12). The first-order chi connectivity index (χ1) is 5.95. The van der Waals surface area contributed by atoms with Crippen LogP contribution in [0.2, 0.25) is 0 Å². The number of anilines is 1. The quantitative estimate of drug-likeness (QED) is 0.638. The zero-order chi connectivity index (χ0) is 8.23. The van der Waals surface area contributed by atoms with Crippen LogP contribution in [0.1, 0.15) is 5.69 Å². The van der Waals surface area contributed by atoms with Gasteiger partial charge >= 0.3 is 0 Å². The molecule has 62 valence electrons. The molecule has 0 fully saturated rings. The third-order valence-corrected chi connectivity index (χ3v) is 1.64. The van der Waals surface area contributed by atoms with Gasteiger partial charge in [-0.15, -0.1) is 0 Å². The Labute approximate surface area is 70.0 Å². The van der Waals surface area contributed by atoms with Gasteiger partial charge in [-0.1, -0.05) is 0 Å². The zero-order valence-corrected chi connectivity index (χ0v) is 6.54. The predicted molar refractivity (Wildman–Crippen MR) is 46.7 cm³/mol. The third-order valence-electron chi connectivity index (χ3n) is 1.64. The van der Waals surface area contributed by atoms with Crippen LogP contribution in [-0.4, -0.2) is 15.2 Å². The van der Waals surface area contributed by atoms with E-state index in [-0.39, 0.29) is 0 Å². The lowest BCUT2D eigenvalue weighted by molar-refractivity contribution is 1.07. The van der Waals surface area contributed by atoms with Crippen LogP contribution in [0.5, 0.6) is 0 Å². The molecular formula is C8H10N4. The highest BCUT2D eigenvalue weighted by molar-refractivity contribution is 5.37. The van der Waals surface area contributed by atoms with Crippen LogP contribution in [0.3, 0.4) is 0 Å². The summed E-state index contributed by atoms with van der Waals surface area (Å²) in [5, 5.41) is 9.76. The van der Waals surface area contributed by atoms with Crippen LogP contribution < -0.4 is 5.32 Å². The van der Waals surface area contributed by atoms with Gasteiger partial charge in [-0.25, -0.2) is 0 Å². The molecule has 4 nitrogen and oxygen atoms in total. The number of hydrogen-bond acceptors (Lipinski definition) is 2. The van der Waals surface area contributed by atoms with Crippen molar-refractivity contribution in [1.29, 1.82) is 0 Å². The number of H-pyrrole nitrogens is 2. The molecule has 0 spiro atoms. The minimum atomic E-state index is 0.798. The van der Waals surface area contributed by atoms with E-state index >= 15 is 0 Å². The first-order valence-corrected chi connectivity index (χ1v) is 3.80. The Balaban J connectivity index is 1.91. The molecule has 12 heavy (non-hydrogen) atoms. The summed E-state index contributed by atoms with van der Waals surface area (Å²) in [6, 6.07) is 4.01. The van der Waals surface area contributed by atoms with E-state index in [1.807, 2.05) is 24.5 Å². The van der Waals surface area contributed by atoms with E-state index in [9.17, 15) is 0 Å². The number of nitrogens with one attached hydrogen (secondary N) is 3. The van der Waals surface area contributed by atoms with Crippen LogP contribution in [0.4, 0.5) is 5.69 Å². The average Bonchev–Trinajstić information content (AvgIpc) is 2.74. The SMILES string of the molecule is c1c[nH]c(CNc2cn[nH]c2)c1. The van der Waals surface area contributed by atoms with Gasteiger partial charge in [0.1, 0.15) is 0 Å². The summed E-state index contributed by atoms with van der Waals surface area (Å²) in [7, 11) is 0. The Morgan fingerprint density at radius 1 is 1.50 bits per heavy atom. The molecule has 2 aromatic heterocycles. The number of nitrogens with zero attached hydrogens (tertiary/aromatic N) is 1. The summed E-state index contributed by atoms with van der Waals surface area (Å²) in [5.41, 5.74) is 2.17. The minimum Gasteiger partial charge on any atom is -0.377 e. The Bertz CT molecular complexity index is 274. The summed E-state index contributed by atoms with van der Waals surface area (Å²) < 4.78 is 0. The van der Waals surface area contributed by atoms with Gasteiger partial charge in [0, 0.05) is 18.1 Å². The average molecular weight is 162 g/mol. The van der Waals surface area contributed by atoms with Gasteiger partial charge < -0.3 is 10.3 Å². The fourth-order valence-electron chi connectivity index (χ4n) is 1.02. The van der Waals surface area contributed by atoms with Gasteiger partial charge in [-0.2, -0.15) is 5.10 Å². The lowest BCUT2D eigenvalue weighted by Crippen LogP contribution is -1.97. The lowest BCUT2D eigenvalue weighted by Gasteiger charge is -1.99. The van der Waals surface area contributed by atoms with Crippen molar-refractivity contribution in [2.24, 2.45) is 0 Å². The number of aromatic amines is 2. The van der Waals surface area contributed by atoms with E-state index in [0.29, 0.717) is 0 Å². The maximum Gasteiger partial charge on any atom is 0.0726 e. The van der Waals surface area contributed by atoms with Gasteiger partial charge in [-0.3, -0.25) is 5.10 Å². The monoisotopic (exact) mass is 162 g/mol. The molecule has 2 heterocycles. The smallest absolute Gasteiger partial charge is 0.0726 e. The Morgan fingerprint density at radius 3 is 3.17 bits per heavy atom. The highest BCUT2D eigenvalue weighted by atomic mass is 15.1. The summed E-state index contributed by atoms with van der Waals surface area (Å²) in [4.78, 5) is 3.11. The molecule has 0 saturated carbocycles. The molecule has 0 saturated heterocycles. The van der Waals surface area contributed by atoms with Crippen LogP contribution >= 0.6 is 0 Å². The van der Waals surface area contributed by atoms with Gasteiger partial charge in [0.05, 0.1) is 18.4 Å². The van der Waals surface area contributed by atoms with Crippen molar-refractivity contribution < 1.29 is 0 Å². The largest absolute Gasteiger partial charge is 0.377 e. The van der Waals surface area contributed by atoms with Crippen LogP contribution in [0, 0.1) is 0 Å². The molecule has 0 amide bonds. The van der Waals surface area contributed by atoms with E-state index in [2.05, 4.69) is 20.5 Å². The summed E-state index contributed by atoms with van der Waals surface area (Å²) in [6.07, 6.45) is 5.48. The second kappa shape index (κ2) is 3.13. The molecule has 4 heteroatoms. The minimum absolute atomic E-state index is 0.798. The van der Waals surface area contributed by atoms with Crippen molar-refractivity contribution in [3.63, 3.8) is 0 Å². The zero-order valence-electron chi connectivity index (χ0n) is 6.54. The maximum atomic E-state index is 3.82. The van der Waals surface area contributed by atoms with Crippen molar-refractivity contribution in [2.75, 3.05) is 5.32 Å². The van der Waals surface area contributed by atoms with Crippen molar-refractivity contribution in [1.82, 2.24) is 15.2 Å². The van der Waals surface area contributed by atoms with Gasteiger partial charge in [-0.05, 0) is 12.1 Å². The molecule has 0 aromatic carbocycles. The summed E-state index contributed by atoms with van der Waals surface area (Å²) in [5.74, 6) is 0. The molecule has 3 N–H and O–H groups in total. The van der Waals surface area contributed by atoms with Crippen molar-refractivity contribution >= 4 is 5.69 Å². The number of rotatable bonds is 3. The normalized spacial score (nSPS) is 10.0. The maximum absolute atomic E-state index is 3.82. The predicted octanol–water partition coefficient (Wildman–Crippen LogP) is 1.35. The fraction of sp³-hybridized carbons (Fsp3) is 0.125. The van der Waals surface area contributed by atoms with Crippen LogP contribution in [0.15, 0.2) is 30.7 Å². The molecule has 0 aliphatic heterocycles. The molecular weight excluding hydrogens is 152 g/mol. The molecule has 0 bridgehead atoms. The van der Waals surface area contributed by atoms with Crippen molar-refractivity contribution in [3.8, 4) is 0 Å².